The summed E-state index contributed by atoms with van der Waals surface area (Å²) in [6.07, 6.45) is -0.152. The average Bonchev–Trinajstić information content (AvgIpc) is 2.31. The van der Waals surface area contributed by atoms with Gasteiger partial charge in [0.2, 0.25) is 0 Å². The number of hydrogen-bond acceptors (Lipinski definition) is 5. The minimum atomic E-state index is -1.29. The summed E-state index contributed by atoms with van der Waals surface area (Å²) in [5, 5.41) is 38.2. The molecule has 0 radical (unpaired) electrons. The summed E-state index contributed by atoms with van der Waals surface area (Å²) in [7, 11) is 0. The molecule has 0 saturated carbocycles. The standard InChI is InChI=1S/C11H13NO6/c13-4-3-8(11(17)18)12-10(16)7-5-6(14)1-2-9(7)15/h1-2,5,8,13-15H,3-4H2,(H,12,16)(H,17,18)/t8-/m1/s1. The summed E-state index contributed by atoms with van der Waals surface area (Å²) in [5.41, 5.74) is -0.237. The van der Waals surface area contributed by atoms with Crippen LogP contribution in [0.3, 0.4) is 0 Å². The van der Waals surface area contributed by atoms with Gasteiger partial charge in [0.1, 0.15) is 17.5 Å². The topological polar surface area (TPSA) is 127 Å². The molecule has 0 unspecified atom stereocenters. The Hall–Kier alpha value is -2.28. The molecule has 0 spiro atoms. The number of benzene rings is 1. The van der Waals surface area contributed by atoms with Crippen molar-refractivity contribution >= 4 is 11.9 Å². The van der Waals surface area contributed by atoms with Crippen LogP contribution in [0, 0.1) is 0 Å². The Balaban J connectivity index is 2.86. The zero-order valence-electron chi connectivity index (χ0n) is 9.33. The molecule has 1 atom stereocenters. The highest BCUT2D eigenvalue weighted by Crippen LogP contribution is 2.21. The van der Waals surface area contributed by atoms with E-state index in [1.54, 1.807) is 0 Å². The molecule has 5 N–H and O–H groups in total. The normalized spacial score (nSPS) is 11.8. The Morgan fingerprint density at radius 2 is 1.94 bits per heavy atom. The van der Waals surface area contributed by atoms with Crippen LogP contribution in [0.2, 0.25) is 0 Å². The molecule has 1 aromatic rings. The molecule has 1 amide bonds. The van der Waals surface area contributed by atoms with Gasteiger partial charge in [-0.3, -0.25) is 4.79 Å². The summed E-state index contributed by atoms with van der Waals surface area (Å²) < 4.78 is 0. The highest BCUT2D eigenvalue weighted by atomic mass is 16.4. The van der Waals surface area contributed by atoms with E-state index < -0.39 is 24.5 Å². The van der Waals surface area contributed by atoms with Crippen molar-refractivity contribution in [2.75, 3.05) is 6.61 Å². The molecule has 0 saturated heterocycles. The van der Waals surface area contributed by atoms with Gasteiger partial charge in [0.25, 0.3) is 5.91 Å². The first-order valence-corrected chi connectivity index (χ1v) is 5.12. The Morgan fingerprint density at radius 3 is 2.50 bits per heavy atom. The van der Waals surface area contributed by atoms with Crippen LogP contribution in [-0.4, -0.2) is 45.0 Å². The van der Waals surface area contributed by atoms with Crippen molar-refractivity contribution in [3.63, 3.8) is 0 Å². The molecular formula is C11H13NO6. The van der Waals surface area contributed by atoms with Crippen LogP contribution >= 0.6 is 0 Å². The molecule has 0 fully saturated rings. The van der Waals surface area contributed by atoms with E-state index in [1.807, 2.05) is 0 Å². The van der Waals surface area contributed by atoms with Crippen molar-refractivity contribution in [1.82, 2.24) is 5.32 Å². The van der Waals surface area contributed by atoms with E-state index in [-0.39, 0.29) is 23.5 Å². The third-order valence-corrected chi connectivity index (χ3v) is 2.25. The summed E-state index contributed by atoms with van der Waals surface area (Å²) >= 11 is 0. The second kappa shape index (κ2) is 5.87. The first kappa shape index (κ1) is 13.8. The van der Waals surface area contributed by atoms with E-state index >= 15 is 0 Å². The van der Waals surface area contributed by atoms with Gasteiger partial charge in [-0.05, 0) is 18.2 Å². The maximum absolute atomic E-state index is 11.7. The SMILES string of the molecule is O=C(N[C@H](CCO)C(=O)O)c1cc(O)ccc1O. The van der Waals surface area contributed by atoms with Crippen molar-refractivity contribution in [2.45, 2.75) is 12.5 Å². The molecule has 18 heavy (non-hydrogen) atoms. The van der Waals surface area contributed by atoms with Crippen molar-refractivity contribution in [3.05, 3.63) is 23.8 Å². The minimum absolute atomic E-state index is 0.152. The van der Waals surface area contributed by atoms with E-state index in [1.165, 1.54) is 6.07 Å². The van der Waals surface area contributed by atoms with Crippen LogP contribution in [0.25, 0.3) is 0 Å². The monoisotopic (exact) mass is 255 g/mol. The van der Waals surface area contributed by atoms with Crippen LogP contribution in [0.1, 0.15) is 16.8 Å². The van der Waals surface area contributed by atoms with Gasteiger partial charge in [0.15, 0.2) is 0 Å². The first-order valence-electron chi connectivity index (χ1n) is 5.12. The maximum atomic E-state index is 11.7. The second-order valence-electron chi connectivity index (χ2n) is 3.58. The zero-order chi connectivity index (χ0) is 13.7. The zero-order valence-corrected chi connectivity index (χ0v) is 9.33. The Labute approximate surface area is 102 Å². The van der Waals surface area contributed by atoms with E-state index in [0.29, 0.717) is 0 Å². The number of aromatic hydroxyl groups is 2. The molecular weight excluding hydrogens is 242 g/mol. The van der Waals surface area contributed by atoms with Crippen LogP contribution in [0.4, 0.5) is 0 Å². The number of phenols is 2. The summed E-state index contributed by atoms with van der Waals surface area (Å²) in [6.45, 7) is -0.400. The molecule has 0 aliphatic rings. The highest BCUT2D eigenvalue weighted by molar-refractivity contribution is 5.99. The number of nitrogens with one attached hydrogen (secondary N) is 1. The highest BCUT2D eigenvalue weighted by Gasteiger charge is 2.21. The quantitative estimate of drug-likeness (QED) is 0.458. The summed E-state index contributed by atoms with van der Waals surface area (Å²) in [5.74, 6) is -2.74. The van der Waals surface area contributed by atoms with Gasteiger partial charge in [0, 0.05) is 13.0 Å². The van der Waals surface area contributed by atoms with Crippen molar-refractivity contribution in [1.29, 1.82) is 0 Å². The van der Waals surface area contributed by atoms with Crippen molar-refractivity contribution < 1.29 is 30.0 Å². The van der Waals surface area contributed by atoms with E-state index in [4.69, 9.17) is 10.2 Å². The minimum Gasteiger partial charge on any atom is -0.508 e. The van der Waals surface area contributed by atoms with Crippen LogP contribution in [0.15, 0.2) is 18.2 Å². The molecule has 7 heteroatoms. The molecule has 1 rings (SSSR count). The van der Waals surface area contributed by atoms with Gasteiger partial charge >= 0.3 is 5.97 Å². The second-order valence-corrected chi connectivity index (χ2v) is 3.58. The van der Waals surface area contributed by atoms with Gasteiger partial charge in [0.05, 0.1) is 5.56 Å². The fourth-order valence-electron chi connectivity index (χ4n) is 1.33. The first-order chi connectivity index (χ1) is 8.45. The lowest BCUT2D eigenvalue weighted by atomic mass is 10.1. The number of aliphatic hydroxyl groups excluding tert-OH is 1. The largest absolute Gasteiger partial charge is 0.508 e. The van der Waals surface area contributed by atoms with Crippen molar-refractivity contribution in [2.24, 2.45) is 0 Å². The Morgan fingerprint density at radius 1 is 1.28 bits per heavy atom. The van der Waals surface area contributed by atoms with Crippen molar-refractivity contribution in [3.8, 4) is 11.5 Å². The molecule has 0 aliphatic carbocycles. The number of hydrogen-bond donors (Lipinski definition) is 5. The maximum Gasteiger partial charge on any atom is 0.326 e. The lowest BCUT2D eigenvalue weighted by Gasteiger charge is -2.13. The van der Waals surface area contributed by atoms with Gasteiger partial charge < -0.3 is 25.7 Å². The van der Waals surface area contributed by atoms with Gasteiger partial charge in [-0.2, -0.15) is 0 Å². The molecule has 0 bridgehead atoms. The van der Waals surface area contributed by atoms with Gasteiger partial charge in [-0.1, -0.05) is 0 Å². The number of carbonyl (C=O) groups is 2. The molecule has 0 aromatic heterocycles. The van der Waals surface area contributed by atoms with Gasteiger partial charge in [-0.25, -0.2) is 4.79 Å². The fourth-order valence-corrected chi connectivity index (χ4v) is 1.33. The number of phenolic OH excluding ortho intramolecular Hbond substituents is 2. The van der Waals surface area contributed by atoms with E-state index in [0.717, 1.165) is 12.1 Å². The Bertz CT molecular complexity index is 459. The third-order valence-electron chi connectivity index (χ3n) is 2.25. The van der Waals surface area contributed by atoms with E-state index in [2.05, 4.69) is 5.32 Å². The van der Waals surface area contributed by atoms with Gasteiger partial charge in [-0.15, -0.1) is 0 Å². The fraction of sp³-hybridized carbons (Fsp3) is 0.273. The number of carboxylic acids is 1. The van der Waals surface area contributed by atoms with Crippen LogP contribution < -0.4 is 5.32 Å². The molecule has 98 valence electrons. The number of rotatable bonds is 5. The smallest absolute Gasteiger partial charge is 0.326 e. The average molecular weight is 255 g/mol. The van der Waals surface area contributed by atoms with Crippen LogP contribution in [-0.2, 0) is 4.79 Å². The molecule has 7 nitrogen and oxygen atoms in total. The number of aliphatic carboxylic acids is 1. The van der Waals surface area contributed by atoms with Crippen LogP contribution in [0.5, 0.6) is 11.5 Å². The predicted molar refractivity (Wildman–Crippen MR) is 60.4 cm³/mol. The lowest BCUT2D eigenvalue weighted by Crippen LogP contribution is -2.41. The third kappa shape index (κ3) is 3.36. The lowest BCUT2D eigenvalue weighted by molar-refractivity contribution is -0.139. The molecule has 1 aromatic carbocycles. The number of carboxylic acid groups (broad SMARTS) is 1. The summed E-state index contributed by atoms with van der Waals surface area (Å²) in [6, 6.07) is 2.06. The number of aliphatic hydroxyl groups is 1. The predicted octanol–water partition coefficient (Wildman–Crippen LogP) is -0.337. The molecule has 0 aliphatic heterocycles. The summed E-state index contributed by atoms with van der Waals surface area (Å²) in [4.78, 5) is 22.5. The van der Waals surface area contributed by atoms with E-state index in [9.17, 15) is 19.8 Å². The number of carbonyl (C=O) groups excluding carboxylic acids is 1. The Kier molecular flexibility index (Phi) is 4.50. The molecule has 0 heterocycles. The number of amides is 1.